The largest absolute Gasteiger partial charge is 0.366 e. The van der Waals surface area contributed by atoms with E-state index in [0.717, 1.165) is 54.0 Å². The summed E-state index contributed by atoms with van der Waals surface area (Å²) in [5, 5.41) is 18.8. The van der Waals surface area contributed by atoms with Gasteiger partial charge in [-0.3, -0.25) is 4.79 Å². The van der Waals surface area contributed by atoms with Gasteiger partial charge in [-0.2, -0.15) is 10.2 Å². The van der Waals surface area contributed by atoms with Gasteiger partial charge < -0.3 is 10.2 Å². The summed E-state index contributed by atoms with van der Waals surface area (Å²) in [6.45, 7) is 3.68. The van der Waals surface area contributed by atoms with Crippen molar-refractivity contribution in [3.63, 3.8) is 0 Å². The molecule has 2 aromatic heterocycles. The molecule has 1 aliphatic heterocycles. The maximum atomic E-state index is 11.7. The first-order valence-corrected chi connectivity index (χ1v) is 9.40. The fourth-order valence-electron chi connectivity index (χ4n) is 3.74. The zero-order chi connectivity index (χ0) is 18.8. The highest BCUT2D eigenvalue weighted by molar-refractivity contribution is 5.92. The first-order valence-electron chi connectivity index (χ1n) is 9.40. The maximum absolute atomic E-state index is 11.7. The second-order valence-corrected chi connectivity index (χ2v) is 7.06. The third-order valence-electron chi connectivity index (χ3n) is 5.24. The van der Waals surface area contributed by atoms with E-state index in [1.54, 1.807) is 13.1 Å². The van der Waals surface area contributed by atoms with Crippen molar-refractivity contribution >= 4 is 22.4 Å². The van der Waals surface area contributed by atoms with Crippen molar-refractivity contribution in [1.29, 1.82) is 0 Å². The van der Waals surface area contributed by atoms with Crippen molar-refractivity contribution in [3.8, 4) is 0 Å². The molecule has 27 heavy (non-hydrogen) atoms. The fourth-order valence-corrected chi connectivity index (χ4v) is 3.74. The molecule has 1 N–H and O–H groups in total. The van der Waals surface area contributed by atoms with Gasteiger partial charge in [0.15, 0.2) is 5.82 Å². The predicted molar refractivity (Wildman–Crippen MR) is 107 cm³/mol. The van der Waals surface area contributed by atoms with E-state index in [2.05, 4.69) is 37.6 Å². The SMILES string of the molecule is Cc1nnc(NCC2CCCCN2c2ccc(=O)n(C)n2)c2ccccc12. The van der Waals surface area contributed by atoms with Crippen LogP contribution >= 0.6 is 0 Å². The van der Waals surface area contributed by atoms with Crippen LogP contribution < -0.4 is 15.8 Å². The number of piperidine rings is 1. The molecule has 1 atom stereocenters. The monoisotopic (exact) mass is 364 g/mol. The van der Waals surface area contributed by atoms with E-state index in [-0.39, 0.29) is 5.56 Å². The average Bonchev–Trinajstić information content (AvgIpc) is 2.70. The van der Waals surface area contributed by atoms with E-state index in [1.165, 1.54) is 11.1 Å². The molecular weight excluding hydrogens is 340 g/mol. The summed E-state index contributed by atoms with van der Waals surface area (Å²) in [5.74, 6) is 1.67. The number of nitrogens with one attached hydrogen (secondary N) is 1. The third-order valence-corrected chi connectivity index (χ3v) is 5.24. The summed E-state index contributed by atoms with van der Waals surface area (Å²) in [7, 11) is 1.69. The van der Waals surface area contributed by atoms with Crippen LogP contribution in [0.25, 0.3) is 10.8 Å². The van der Waals surface area contributed by atoms with Gasteiger partial charge in [0.1, 0.15) is 5.82 Å². The second kappa shape index (κ2) is 7.34. The van der Waals surface area contributed by atoms with Gasteiger partial charge in [0.2, 0.25) is 0 Å². The van der Waals surface area contributed by atoms with Crippen molar-refractivity contribution in [2.45, 2.75) is 32.2 Å². The van der Waals surface area contributed by atoms with Crippen LogP contribution in [0.3, 0.4) is 0 Å². The predicted octanol–water partition coefficient (Wildman–Crippen LogP) is 2.50. The molecule has 140 valence electrons. The number of aromatic nitrogens is 4. The van der Waals surface area contributed by atoms with Crippen molar-refractivity contribution < 1.29 is 0 Å². The zero-order valence-electron chi connectivity index (χ0n) is 15.7. The molecule has 1 unspecified atom stereocenters. The molecule has 1 aliphatic rings. The molecule has 0 aliphatic carbocycles. The lowest BCUT2D eigenvalue weighted by Gasteiger charge is -2.36. The van der Waals surface area contributed by atoms with Crippen LogP contribution in [-0.2, 0) is 7.05 Å². The summed E-state index contributed by atoms with van der Waals surface area (Å²) in [6, 6.07) is 11.9. The zero-order valence-corrected chi connectivity index (χ0v) is 15.7. The molecule has 0 bridgehead atoms. The Morgan fingerprint density at radius 2 is 1.93 bits per heavy atom. The van der Waals surface area contributed by atoms with E-state index in [1.807, 2.05) is 25.1 Å². The van der Waals surface area contributed by atoms with Gasteiger partial charge in [0.05, 0.1) is 5.69 Å². The first-order chi connectivity index (χ1) is 13.1. The third kappa shape index (κ3) is 3.49. The molecule has 1 fully saturated rings. The van der Waals surface area contributed by atoms with Crippen molar-refractivity contribution in [2.75, 3.05) is 23.3 Å². The number of rotatable bonds is 4. The van der Waals surface area contributed by atoms with Gasteiger partial charge >= 0.3 is 0 Å². The highest BCUT2D eigenvalue weighted by Gasteiger charge is 2.24. The van der Waals surface area contributed by atoms with Crippen LogP contribution in [0.4, 0.5) is 11.6 Å². The van der Waals surface area contributed by atoms with Crippen LogP contribution in [0.15, 0.2) is 41.2 Å². The van der Waals surface area contributed by atoms with Crippen molar-refractivity contribution in [1.82, 2.24) is 20.0 Å². The summed E-state index contributed by atoms with van der Waals surface area (Å²) in [4.78, 5) is 13.9. The van der Waals surface area contributed by atoms with Crippen molar-refractivity contribution in [3.05, 3.63) is 52.4 Å². The Hall–Kier alpha value is -2.96. The van der Waals surface area contributed by atoms with E-state index < -0.39 is 0 Å². The number of nitrogens with zero attached hydrogens (tertiary/aromatic N) is 5. The molecule has 0 spiro atoms. The average molecular weight is 364 g/mol. The number of aryl methyl sites for hydroxylation is 2. The summed E-state index contributed by atoms with van der Waals surface area (Å²) in [6.07, 6.45) is 3.40. The Kier molecular flexibility index (Phi) is 4.75. The van der Waals surface area contributed by atoms with Gasteiger partial charge in [0.25, 0.3) is 5.56 Å². The summed E-state index contributed by atoms with van der Waals surface area (Å²) >= 11 is 0. The smallest absolute Gasteiger partial charge is 0.266 e. The minimum absolute atomic E-state index is 0.0909. The van der Waals surface area contributed by atoms with Gasteiger partial charge in [0, 0.05) is 43.0 Å². The molecule has 1 aromatic carbocycles. The van der Waals surface area contributed by atoms with E-state index in [0.29, 0.717) is 6.04 Å². The fraction of sp³-hybridized carbons (Fsp3) is 0.400. The Labute approximate surface area is 158 Å². The van der Waals surface area contributed by atoms with Gasteiger partial charge in [-0.15, -0.1) is 5.10 Å². The summed E-state index contributed by atoms with van der Waals surface area (Å²) < 4.78 is 1.40. The minimum atomic E-state index is -0.0909. The topological polar surface area (TPSA) is 75.9 Å². The molecule has 7 heteroatoms. The molecule has 1 saturated heterocycles. The van der Waals surface area contributed by atoms with E-state index in [4.69, 9.17) is 0 Å². The van der Waals surface area contributed by atoms with E-state index >= 15 is 0 Å². The van der Waals surface area contributed by atoms with Crippen molar-refractivity contribution in [2.24, 2.45) is 7.05 Å². The Bertz CT molecular complexity index is 1010. The highest BCUT2D eigenvalue weighted by atomic mass is 16.1. The molecule has 3 heterocycles. The van der Waals surface area contributed by atoms with Crippen LogP contribution in [-0.4, -0.2) is 39.1 Å². The number of anilines is 2. The van der Waals surface area contributed by atoms with Crippen LogP contribution in [0.1, 0.15) is 25.0 Å². The van der Waals surface area contributed by atoms with Gasteiger partial charge in [-0.1, -0.05) is 24.3 Å². The van der Waals surface area contributed by atoms with E-state index in [9.17, 15) is 4.79 Å². The number of hydrogen-bond donors (Lipinski definition) is 1. The second-order valence-electron chi connectivity index (χ2n) is 7.06. The lowest BCUT2D eigenvalue weighted by atomic mass is 10.0. The van der Waals surface area contributed by atoms with Crippen LogP contribution in [0.2, 0.25) is 0 Å². The summed E-state index contributed by atoms with van der Waals surface area (Å²) in [5.41, 5.74) is 0.844. The lowest BCUT2D eigenvalue weighted by molar-refractivity contribution is 0.464. The van der Waals surface area contributed by atoms with Crippen LogP contribution in [0.5, 0.6) is 0 Å². The van der Waals surface area contributed by atoms with Gasteiger partial charge in [-0.25, -0.2) is 4.68 Å². The van der Waals surface area contributed by atoms with Crippen LogP contribution in [0, 0.1) is 6.92 Å². The molecule has 0 saturated carbocycles. The molecule has 7 nitrogen and oxygen atoms in total. The number of fused-ring (bicyclic) bond motifs is 1. The molecule has 0 amide bonds. The molecule has 3 aromatic rings. The Balaban J connectivity index is 1.57. The minimum Gasteiger partial charge on any atom is -0.366 e. The Morgan fingerprint density at radius 1 is 1.11 bits per heavy atom. The molecular formula is C20H24N6O. The molecule has 4 rings (SSSR count). The maximum Gasteiger partial charge on any atom is 0.266 e. The normalized spacial score (nSPS) is 17.3. The van der Waals surface area contributed by atoms with Gasteiger partial charge in [-0.05, 0) is 32.3 Å². The quantitative estimate of drug-likeness (QED) is 0.767. The number of benzene rings is 1. The molecule has 0 radical (unpaired) electrons. The first kappa shape index (κ1) is 17.5. The highest BCUT2D eigenvalue weighted by Crippen LogP contribution is 2.25. The lowest BCUT2D eigenvalue weighted by Crippen LogP contribution is -2.45. The number of hydrogen-bond acceptors (Lipinski definition) is 6. The standard InChI is InChI=1S/C20H24N6O/c1-14-16-8-3-4-9-17(16)20(23-22-14)21-13-15-7-5-6-12-26(15)18-10-11-19(27)25(2)24-18/h3-4,8-11,15H,5-7,12-13H2,1-2H3,(H,21,23). The Morgan fingerprint density at radius 3 is 2.74 bits per heavy atom.